The molecule has 1 saturated heterocycles. The second-order valence-corrected chi connectivity index (χ2v) is 8.66. The van der Waals surface area contributed by atoms with E-state index in [1.807, 2.05) is 13.0 Å². The topological polar surface area (TPSA) is 116 Å². The molecule has 28 heavy (non-hydrogen) atoms. The third kappa shape index (κ3) is 5.68. The molecule has 148 valence electrons. The molecule has 1 aromatic carbocycles. The standard InChI is InChI=1S/C16H17N2O6.HOPS.Tl/c1-4-10-7-14(16(20)24-3)17(9-10)15(19)12-8-11(23-2)5-6-13(12)18(21)22;1-3-2;/h4,6,8,14H,7,9H2,1-3H3;2H;/b10-4+;;/t14-;;/m0../s1. The number of nitro benzene ring substituents is 1. The number of allylic oxidation sites excluding steroid dienone is 1. The number of nitro groups is 1. The maximum atomic E-state index is 13.0. The van der Waals surface area contributed by atoms with Crippen LogP contribution in [0.4, 0.5) is 5.69 Å². The Bertz CT molecular complexity index is 856. The van der Waals surface area contributed by atoms with Crippen LogP contribution in [0.2, 0.25) is 0 Å². The van der Waals surface area contributed by atoms with Crippen molar-refractivity contribution in [3.63, 3.8) is 0 Å². The van der Waals surface area contributed by atoms with Crippen molar-refractivity contribution < 1.29 is 28.2 Å². The smallest absolute Gasteiger partial charge is 0.110 e. The van der Waals surface area contributed by atoms with Crippen LogP contribution in [0.1, 0.15) is 23.7 Å². The molecule has 1 heterocycles. The van der Waals surface area contributed by atoms with Crippen LogP contribution in [-0.2, 0) is 20.4 Å². The number of rotatable bonds is 4. The van der Waals surface area contributed by atoms with Gasteiger partial charge in [-0.1, -0.05) is 0 Å². The average molecular weight is 618 g/mol. The van der Waals surface area contributed by atoms with Crippen molar-refractivity contribution in [2.75, 3.05) is 20.8 Å². The van der Waals surface area contributed by atoms with Crippen molar-refractivity contribution in [2.45, 2.75) is 19.4 Å². The number of carbonyl (C=O) groups excluding carboxylic acids is 2. The van der Waals surface area contributed by atoms with Gasteiger partial charge in [-0.25, -0.2) is 4.21 Å². The summed E-state index contributed by atoms with van der Waals surface area (Å²) in [5.74, 6) is -0.679. The second-order valence-electron chi connectivity index (χ2n) is 5.57. The molecule has 1 amide bonds. The number of nitrogens with zero attached hydrogens (tertiary/aromatic N) is 2. The summed E-state index contributed by atoms with van der Waals surface area (Å²) in [6, 6.07) is 1.97. The first-order chi connectivity index (χ1) is 13.2. The van der Waals surface area contributed by atoms with E-state index < -0.39 is 22.8 Å². The number of methoxy groups -OCH3 is 2. The van der Waals surface area contributed by atoms with Crippen LogP contribution in [0.5, 0.6) is 5.75 Å². The number of esters is 1. The Balaban J connectivity index is 0.00000122. The van der Waals surface area contributed by atoms with Gasteiger partial charge in [-0.05, 0) is 8.02 Å². The molecule has 0 saturated carbocycles. The SMILES string of the molecule is C/C=C1\C[C@@H](C(=O)OC)N(C(=O)c2cc(OC)[c]([Tl])cc2[N+](=O)[O-])C1.O=S=P. The van der Waals surface area contributed by atoms with Crippen LogP contribution in [0.15, 0.2) is 23.8 Å². The molecule has 1 aromatic rings. The summed E-state index contributed by atoms with van der Waals surface area (Å²) in [7, 11) is 5.55. The number of hydrogen-bond donors (Lipinski definition) is 0. The molecule has 12 heteroatoms. The Morgan fingerprint density at radius 3 is 2.50 bits per heavy atom. The zero-order chi connectivity index (χ0) is 21.4. The molecule has 0 radical (unpaired) electrons. The first-order valence-corrected chi connectivity index (χ1v) is 12.1. The zero-order valence-electron chi connectivity index (χ0n) is 15.5. The van der Waals surface area contributed by atoms with Crippen LogP contribution >= 0.6 is 8.02 Å². The third-order valence-corrected chi connectivity index (χ3v) is 5.88. The van der Waals surface area contributed by atoms with Gasteiger partial charge in [0.05, 0.1) is 0 Å². The van der Waals surface area contributed by atoms with Gasteiger partial charge in [-0.3, -0.25) is 0 Å². The van der Waals surface area contributed by atoms with Crippen molar-refractivity contribution >= 4 is 65.3 Å². The molecule has 0 aliphatic carbocycles. The van der Waals surface area contributed by atoms with E-state index in [9.17, 15) is 19.7 Å². The van der Waals surface area contributed by atoms with Gasteiger partial charge >= 0.3 is 161 Å². The van der Waals surface area contributed by atoms with Crippen molar-refractivity contribution in [1.29, 1.82) is 0 Å². The molecule has 1 atom stereocenters. The van der Waals surface area contributed by atoms with E-state index in [-0.39, 0.29) is 17.8 Å². The van der Waals surface area contributed by atoms with Crippen molar-refractivity contribution in [3.8, 4) is 5.75 Å². The maximum Gasteiger partial charge on any atom is 0.110 e. The van der Waals surface area contributed by atoms with E-state index in [1.165, 1.54) is 31.3 Å². The average Bonchev–Trinajstić information content (AvgIpc) is 3.11. The van der Waals surface area contributed by atoms with Crippen LogP contribution in [0.25, 0.3) is 0 Å². The first-order valence-electron chi connectivity index (χ1n) is 7.85. The van der Waals surface area contributed by atoms with Gasteiger partial charge in [0.15, 0.2) is 0 Å². The molecule has 1 aliphatic rings. The monoisotopic (exact) mass is 618 g/mol. The fourth-order valence-corrected chi connectivity index (χ4v) is 4.16. The summed E-state index contributed by atoms with van der Waals surface area (Å²) < 4.78 is 19.5. The number of ether oxygens (including phenoxy) is 2. The van der Waals surface area contributed by atoms with Crippen LogP contribution in [-0.4, -0.2) is 78.5 Å². The second kappa shape index (κ2) is 11.4. The van der Waals surface area contributed by atoms with Crippen molar-refractivity contribution in [2.24, 2.45) is 0 Å². The maximum absolute atomic E-state index is 13.0. The number of amides is 1. The van der Waals surface area contributed by atoms with E-state index in [0.29, 0.717) is 51.9 Å². The summed E-state index contributed by atoms with van der Waals surface area (Å²) in [4.78, 5) is 37.1. The fourth-order valence-electron chi connectivity index (χ4n) is 2.76. The van der Waals surface area contributed by atoms with Gasteiger partial charge in [0.2, 0.25) is 0 Å². The summed E-state index contributed by atoms with van der Waals surface area (Å²) in [6.45, 7) is 2.06. The molecule has 9 nitrogen and oxygen atoms in total. The molecular weight excluding hydrogens is 600 g/mol. The number of hydrogen-bond acceptors (Lipinski definition) is 7. The molecule has 0 spiro atoms. The van der Waals surface area contributed by atoms with Gasteiger partial charge in [0.1, 0.15) is 10.8 Å². The van der Waals surface area contributed by atoms with Crippen LogP contribution in [0.3, 0.4) is 0 Å². The minimum Gasteiger partial charge on any atom is -0.208 e. The van der Waals surface area contributed by atoms with E-state index >= 15 is 0 Å². The minimum absolute atomic E-state index is 0.0856. The van der Waals surface area contributed by atoms with E-state index in [4.69, 9.17) is 13.7 Å². The number of benzene rings is 1. The van der Waals surface area contributed by atoms with E-state index in [2.05, 4.69) is 8.02 Å². The Morgan fingerprint density at radius 2 is 2.04 bits per heavy atom. The van der Waals surface area contributed by atoms with Crippen LogP contribution < -0.4 is 7.86 Å². The summed E-state index contributed by atoms with van der Waals surface area (Å²) in [5, 5.41) is 11.4. The Morgan fingerprint density at radius 1 is 1.43 bits per heavy atom. The summed E-state index contributed by atoms with van der Waals surface area (Å²) in [5.41, 5.74) is 0.540. The van der Waals surface area contributed by atoms with Gasteiger partial charge in [-0.15, -0.1) is 0 Å². The van der Waals surface area contributed by atoms with E-state index in [0.717, 1.165) is 5.57 Å². The predicted octanol–water partition coefficient (Wildman–Crippen LogP) is 0.988. The quantitative estimate of drug-likeness (QED) is 0.124. The van der Waals surface area contributed by atoms with Gasteiger partial charge in [0.25, 0.3) is 0 Å². The largest absolute Gasteiger partial charge is 0.208 e. The Hall–Kier alpha value is -1.66. The first kappa shape index (κ1) is 24.4. The van der Waals surface area contributed by atoms with Crippen molar-refractivity contribution in [1.82, 2.24) is 4.90 Å². The third-order valence-electron chi connectivity index (χ3n) is 4.12. The Kier molecular flexibility index (Phi) is 9.90. The molecular formula is C16H18N2O7PSTl. The van der Waals surface area contributed by atoms with Crippen molar-refractivity contribution in [3.05, 3.63) is 39.5 Å². The molecule has 0 aromatic heterocycles. The molecule has 0 unspecified atom stereocenters. The normalized spacial score (nSPS) is 16.7. The number of carbonyl (C=O) groups is 2. The minimum atomic E-state index is -0.785. The molecule has 2 rings (SSSR count). The molecule has 0 bridgehead atoms. The van der Waals surface area contributed by atoms with Gasteiger partial charge in [-0.2, -0.15) is 0 Å². The number of likely N-dealkylation sites (tertiary alicyclic amines) is 1. The molecule has 0 N–H and O–H groups in total. The van der Waals surface area contributed by atoms with Gasteiger partial charge < -0.3 is 0 Å². The molecule has 1 fully saturated rings. The Labute approximate surface area is 183 Å². The summed E-state index contributed by atoms with van der Waals surface area (Å²) >= 11 is 0.312. The molecule has 1 aliphatic heterocycles. The van der Waals surface area contributed by atoms with E-state index in [1.54, 1.807) is 0 Å². The van der Waals surface area contributed by atoms with Gasteiger partial charge in [0, 0.05) is 0 Å². The van der Waals surface area contributed by atoms with Crippen LogP contribution in [0, 0.1) is 10.1 Å². The fraction of sp³-hybridized carbons (Fsp3) is 0.375. The summed E-state index contributed by atoms with van der Waals surface area (Å²) in [6.07, 6.45) is 2.19. The predicted molar refractivity (Wildman–Crippen MR) is 107 cm³/mol. The zero-order valence-corrected chi connectivity index (χ0v) is 21.8.